The summed E-state index contributed by atoms with van der Waals surface area (Å²) in [5, 5.41) is 7.97. The van der Waals surface area contributed by atoms with Gasteiger partial charge in [0.1, 0.15) is 11.6 Å². The average Bonchev–Trinajstić information content (AvgIpc) is 2.20. The van der Waals surface area contributed by atoms with Crippen molar-refractivity contribution in [3.63, 3.8) is 0 Å². The molecule has 10 heavy (non-hydrogen) atoms. The number of rotatable bonds is 2. The van der Waals surface area contributed by atoms with Gasteiger partial charge in [0.05, 0.1) is 0 Å². The van der Waals surface area contributed by atoms with Gasteiger partial charge in [-0.3, -0.25) is 0 Å². The molecular weight excluding hydrogens is 126 g/mol. The quantitative estimate of drug-likeness (QED) is 0.613. The zero-order valence-corrected chi connectivity index (χ0v) is 6.76. The highest BCUT2D eigenvalue weighted by atomic mass is 15.3. The predicted octanol–water partition coefficient (Wildman–Crippen LogP) is 1.08. The summed E-state index contributed by atoms with van der Waals surface area (Å²) in [7, 11) is 2.00. The van der Waals surface area contributed by atoms with Crippen molar-refractivity contribution in [2.45, 2.75) is 26.7 Å². The van der Waals surface area contributed by atoms with Crippen LogP contribution >= 0.6 is 0 Å². The van der Waals surface area contributed by atoms with Gasteiger partial charge in [0.15, 0.2) is 0 Å². The lowest BCUT2D eigenvalue weighted by molar-refractivity contribution is 0.745. The molecule has 0 aliphatic heterocycles. The summed E-state index contributed by atoms with van der Waals surface area (Å²) in [6.07, 6.45) is 2.16. The second kappa shape index (κ2) is 2.82. The molecule has 0 amide bonds. The number of hydrogen-bond donors (Lipinski definition) is 0. The molecule has 0 saturated carbocycles. The van der Waals surface area contributed by atoms with Crippen LogP contribution in [0.3, 0.4) is 0 Å². The Bertz CT molecular complexity index is 215. The first-order valence-electron chi connectivity index (χ1n) is 3.60. The van der Waals surface area contributed by atoms with Crippen LogP contribution < -0.4 is 0 Å². The van der Waals surface area contributed by atoms with E-state index in [2.05, 4.69) is 17.1 Å². The molecule has 0 radical (unpaired) electrons. The van der Waals surface area contributed by atoms with Crippen molar-refractivity contribution in [3.05, 3.63) is 11.6 Å². The van der Waals surface area contributed by atoms with E-state index < -0.39 is 0 Å². The van der Waals surface area contributed by atoms with Gasteiger partial charge in [0, 0.05) is 13.5 Å². The molecule has 0 atom stereocenters. The summed E-state index contributed by atoms with van der Waals surface area (Å²) in [5.74, 6) is 2.07. The van der Waals surface area contributed by atoms with Gasteiger partial charge in [-0.05, 0) is 13.3 Å². The van der Waals surface area contributed by atoms with Crippen LogP contribution in [0.2, 0.25) is 0 Å². The van der Waals surface area contributed by atoms with Crippen LogP contribution in [0.5, 0.6) is 0 Å². The zero-order valence-electron chi connectivity index (χ0n) is 6.76. The van der Waals surface area contributed by atoms with E-state index in [1.807, 2.05) is 18.5 Å². The monoisotopic (exact) mass is 139 g/mol. The first-order chi connectivity index (χ1) is 4.75. The van der Waals surface area contributed by atoms with Crippen molar-refractivity contribution in [3.8, 4) is 0 Å². The van der Waals surface area contributed by atoms with Gasteiger partial charge in [-0.1, -0.05) is 6.92 Å². The smallest absolute Gasteiger partial charge is 0.132 e. The SMILES string of the molecule is CCCc1nnc(C)n1C. The average molecular weight is 139 g/mol. The second-order valence-electron chi connectivity index (χ2n) is 2.47. The Morgan fingerprint density at radius 2 is 2.10 bits per heavy atom. The number of aryl methyl sites for hydroxylation is 2. The minimum atomic E-state index is 0.989. The molecule has 0 fully saturated rings. The number of hydrogen-bond acceptors (Lipinski definition) is 2. The molecule has 1 aromatic heterocycles. The molecule has 3 heteroatoms. The summed E-state index contributed by atoms with van der Waals surface area (Å²) in [6, 6.07) is 0. The van der Waals surface area contributed by atoms with Gasteiger partial charge in [-0.15, -0.1) is 10.2 Å². The van der Waals surface area contributed by atoms with Gasteiger partial charge in [0.25, 0.3) is 0 Å². The van der Waals surface area contributed by atoms with Gasteiger partial charge in [-0.2, -0.15) is 0 Å². The molecule has 0 aliphatic carbocycles. The molecule has 0 saturated heterocycles. The highest BCUT2D eigenvalue weighted by Crippen LogP contribution is 1.99. The lowest BCUT2D eigenvalue weighted by atomic mass is 10.3. The lowest BCUT2D eigenvalue weighted by Crippen LogP contribution is -1.98. The van der Waals surface area contributed by atoms with Crippen molar-refractivity contribution in [1.82, 2.24) is 14.8 Å². The molecule has 0 aliphatic rings. The van der Waals surface area contributed by atoms with Crippen LogP contribution in [-0.2, 0) is 13.5 Å². The van der Waals surface area contributed by atoms with Gasteiger partial charge >= 0.3 is 0 Å². The molecule has 0 unspecified atom stereocenters. The molecule has 0 aromatic carbocycles. The summed E-state index contributed by atoms with van der Waals surface area (Å²) < 4.78 is 2.03. The van der Waals surface area contributed by atoms with E-state index in [1.165, 1.54) is 0 Å². The normalized spacial score (nSPS) is 10.3. The molecule has 1 rings (SSSR count). The van der Waals surface area contributed by atoms with E-state index in [4.69, 9.17) is 0 Å². The molecule has 0 N–H and O–H groups in total. The number of aromatic nitrogens is 3. The van der Waals surface area contributed by atoms with Crippen molar-refractivity contribution in [2.24, 2.45) is 7.05 Å². The first-order valence-corrected chi connectivity index (χ1v) is 3.60. The Morgan fingerprint density at radius 3 is 2.50 bits per heavy atom. The Labute approximate surface area is 61.1 Å². The Morgan fingerprint density at radius 1 is 1.40 bits per heavy atom. The molecule has 56 valence electrons. The third kappa shape index (κ3) is 1.17. The zero-order chi connectivity index (χ0) is 7.56. The van der Waals surface area contributed by atoms with Crippen molar-refractivity contribution in [1.29, 1.82) is 0 Å². The van der Waals surface area contributed by atoms with Crippen LogP contribution in [0.1, 0.15) is 25.0 Å². The minimum absolute atomic E-state index is 0.989. The molecular formula is C7H13N3. The maximum Gasteiger partial charge on any atom is 0.132 e. The Balaban J connectivity index is 2.83. The van der Waals surface area contributed by atoms with Crippen molar-refractivity contribution in [2.75, 3.05) is 0 Å². The number of nitrogens with zero attached hydrogens (tertiary/aromatic N) is 3. The Hall–Kier alpha value is -0.860. The van der Waals surface area contributed by atoms with E-state index in [0.29, 0.717) is 0 Å². The lowest BCUT2D eigenvalue weighted by Gasteiger charge is -1.97. The van der Waals surface area contributed by atoms with E-state index in [1.54, 1.807) is 0 Å². The van der Waals surface area contributed by atoms with Crippen LogP contribution in [0.15, 0.2) is 0 Å². The van der Waals surface area contributed by atoms with E-state index >= 15 is 0 Å². The van der Waals surface area contributed by atoms with E-state index in [-0.39, 0.29) is 0 Å². The molecule has 1 aromatic rings. The Kier molecular flexibility index (Phi) is 2.04. The molecule has 3 nitrogen and oxygen atoms in total. The minimum Gasteiger partial charge on any atom is -0.318 e. The second-order valence-corrected chi connectivity index (χ2v) is 2.47. The first kappa shape index (κ1) is 7.25. The summed E-state index contributed by atoms with van der Waals surface area (Å²) in [4.78, 5) is 0. The van der Waals surface area contributed by atoms with E-state index in [9.17, 15) is 0 Å². The van der Waals surface area contributed by atoms with Crippen LogP contribution in [-0.4, -0.2) is 14.8 Å². The summed E-state index contributed by atoms with van der Waals surface area (Å²) in [6.45, 7) is 4.11. The largest absolute Gasteiger partial charge is 0.318 e. The van der Waals surface area contributed by atoms with Crippen LogP contribution in [0.4, 0.5) is 0 Å². The summed E-state index contributed by atoms with van der Waals surface area (Å²) >= 11 is 0. The third-order valence-electron chi connectivity index (χ3n) is 1.66. The molecule has 0 bridgehead atoms. The molecule has 0 spiro atoms. The van der Waals surface area contributed by atoms with Gasteiger partial charge in [-0.25, -0.2) is 0 Å². The fraction of sp³-hybridized carbons (Fsp3) is 0.714. The third-order valence-corrected chi connectivity index (χ3v) is 1.66. The van der Waals surface area contributed by atoms with E-state index in [0.717, 1.165) is 24.5 Å². The maximum atomic E-state index is 4.02. The van der Waals surface area contributed by atoms with Crippen LogP contribution in [0, 0.1) is 6.92 Å². The topological polar surface area (TPSA) is 30.7 Å². The van der Waals surface area contributed by atoms with Gasteiger partial charge in [0.2, 0.25) is 0 Å². The summed E-state index contributed by atoms with van der Waals surface area (Å²) in [5.41, 5.74) is 0. The van der Waals surface area contributed by atoms with Crippen molar-refractivity contribution >= 4 is 0 Å². The van der Waals surface area contributed by atoms with Crippen LogP contribution in [0.25, 0.3) is 0 Å². The highest BCUT2D eigenvalue weighted by molar-refractivity contribution is 4.91. The fourth-order valence-electron chi connectivity index (χ4n) is 0.892. The van der Waals surface area contributed by atoms with Crippen molar-refractivity contribution < 1.29 is 0 Å². The molecule has 1 heterocycles. The maximum absolute atomic E-state index is 4.02. The predicted molar refractivity (Wildman–Crippen MR) is 39.7 cm³/mol. The standard InChI is InChI=1S/C7H13N3/c1-4-5-7-9-8-6(2)10(7)3/h4-5H2,1-3H3. The highest BCUT2D eigenvalue weighted by Gasteiger charge is 2.01. The van der Waals surface area contributed by atoms with Gasteiger partial charge < -0.3 is 4.57 Å². The fourth-order valence-corrected chi connectivity index (χ4v) is 0.892.